The van der Waals surface area contributed by atoms with Gasteiger partial charge in [-0.3, -0.25) is 9.69 Å². The summed E-state index contributed by atoms with van der Waals surface area (Å²) in [6.07, 6.45) is 2.12. The van der Waals surface area contributed by atoms with Gasteiger partial charge in [-0.25, -0.2) is 0 Å². The van der Waals surface area contributed by atoms with Crippen LogP contribution in [0.5, 0.6) is 0 Å². The molecule has 0 heterocycles. The van der Waals surface area contributed by atoms with Crippen LogP contribution >= 0.6 is 0 Å². The Morgan fingerprint density at radius 2 is 2.13 bits per heavy atom. The smallest absolute Gasteiger partial charge is 0.238 e. The van der Waals surface area contributed by atoms with Gasteiger partial charge in [0.2, 0.25) is 5.91 Å². The zero-order chi connectivity index (χ0) is 16.2. The molecule has 0 saturated heterocycles. The van der Waals surface area contributed by atoms with Crippen LogP contribution in [0.25, 0.3) is 0 Å². The van der Waals surface area contributed by atoms with Gasteiger partial charge in [-0.15, -0.1) is 0 Å². The SMILES string of the molecule is CN(CC(=O)Nc1cccc(C#N)c1)[C@@H]1CCc2ccccc21. The number of benzene rings is 2. The normalized spacial score (nSPS) is 16.0. The van der Waals surface area contributed by atoms with E-state index in [0.717, 1.165) is 12.8 Å². The zero-order valence-electron chi connectivity index (χ0n) is 13.1. The van der Waals surface area contributed by atoms with E-state index in [2.05, 4.69) is 40.6 Å². The predicted molar refractivity (Wildman–Crippen MR) is 89.9 cm³/mol. The van der Waals surface area contributed by atoms with Crippen LogP contribution in [-0.2, 0) is 11.2 Å². The molecule has 3 rings (SSSR count). The van der Waals surface area contributed by atoms with Crippen molar-refractivity contribution in [3.63, 3.8) is 0 Å². The fourth-order valence-electron chi connectivity index (χ4n) is 3.20. The van der Waals surface area contributed by atoms with E-state index in [1.165, 1.54) is 11.1 Å². The van der Waals surface area contributed by atoms with Gasteiger partial charge in [0.15, 0.2) is 0 Å². The summed E-state index contributed by atoms with van der Waals surface area (Å²) in [5, 5.41) is 11.8. The molecule has 1 aliphatic carbocycles. The second-order valence-corrected chi connectivity index (χ2v) is 5.91. The third-order valence-electron chi connectivity index (χ3n) is 4.30. The third kappa shape index (κ3) is 3.41. The highest BCUT2D eigenvalue weighted by Crippen LogP contribution is 2.34. The molecule has 23 heavy (non-hydrogen) atoms. The van der Waals surface area contributed by atoms with Crippen molar-refractivity contribution in [2.24, 2.45) is 0 Å². The summed E-state index contributed by atoms with van der Waals surface area (Å²) in [5.74, 6) is -0.0630. The highest BCUT2D eigenvalue weighted by molar-refractivity contribution is 5.92. The Kier molecular flexibility index (Phi) is 4.40. The largest absolute Gasteiger partial charge is 0.325 e. The average Bonchev–Trinajstić information content (AvgIpc) is 2.99. The lowest BCUT2D eigenvalue weighted by Crippen LogP contribution is -2.32. The van der Waals surface area contributed by atoms with E-state index in [9.17, 15) is 4.79 Å². The maximum atomic E-state index is 12.3. The van der Waals surface area contributed by atoms with Crippen molar-refractivity contribution in [2.45, 2.75) is 18.9 Å². The molecule has 0 aromatic heterocycles. The lowest BCUT2D eigenvalue weighted by Gasteiger charge is -2.24. The van der Waals surface area contributed by atoms with E-state index in [-0.39, 0.29) is 5.91 Å². The number of nitrogens with one attached hydrogen (secondary N) is 1. The lowest BCUT2D eigenvalue weighted by atomic mass is 10.1. The second kappa shape index (κ2) is 6.64. The number of hydrogen-bond acceptors (Lipinski definition) is 3. The van der Waals surface area contributed by atoms with Gasteiger partial charge in [-0.05, 0) is 49.2 Å². The molecule has 0 fully saturated rings. The second-order valence-electron chi connectivity index (χ2n) is 5.91. The van der Waals surface area contributed by atoms with Gasteiger partial charge in [0.05, 0.1) is 18.2 Å². The van der Waals surface area contributed by atoms with Crippen LogP contribution in [-0.4, -0.2) is 24.4 Å². The molecule has 4 heteroatoms. The minimum atomic E-state index is -0.0630. The Labute approximate surface area is 136 Å². The number of nitrogens with zero attached hydrogens (tertiary/aromatic N) is 2. The third-order valence-corrected chi connectivity index (χ3v) is 4.30. The van der Waals surface area contributed by atoms with Gasteiger partial charge in [-0.2, -0.15) is 5.26 Å². The molecule has 0 unspecified atom stereocenters. The molecular formula is C19H19N3O. The first-order chi connectivity index (χ1) is 11.2. The minimum absolute atomic E-state index is 0.0630. The number of amides is 1. The number of likely N-dealkylation sites (N-methyl/N-ethyl adjacent to an activating group) is 1. The van der Waals surface area contributed by atoms with Crippen LogP contribution < -0.4 is 5.32 Å². The number of hydrogen-bond donors (Lipinski definition) is 1. The molecule has 0 spiro atoms. The fourth-order valence-corrected chi connectivity index (χ4v) is 3.20. The molecule has 1 aliphatic rings. The maximum Gasteiger partial charge on any atom is 0.238 e. The first-order valence-corrected chi connectivity index (χ1v) is 7.75. The summed E-state index contributed by atoms with van der Waals surface area (Å²) in [4.78, 5) is 14.3. The van der Waals surface area contributed by atoms with E-state index < -0.39 is 0 Å². The molecular weight excluding hydrogens is 286 g/mol. The average molecular weight is 305 g/mol. The molecule has 4 nitrogen and oxygen atoms in total. The number of nitriles is 1. The number of anilines is 1. The maximum absolute atomic E-state index is 12.3. The van der Waals surface area contributed by atoms with E-state index in [1.54, 1.807) is 24.3 Å². The molecule has 1 amide bonds. The highest BCUT2D eigenvalue weighted by atomic mass is 16.2. The van der Waals surface area contributed by atoms with Crippen LogP contribution in [0.3, 0.4) is 0 Å². The monoisotopic (exact) mass is 305 g/mol. The lowest BCUT2D eigenvalue weighted by molar-refractivity contribution is -0.117. The summed E-state index contributed by atoms with van der Waals surface area (Å²) >= 11 is 0. The van der Waals surface area contributed by atoms with Crippen LogP contribution in [0.2, 0.25) is 0 Å². The van der Waals surface area contributed by atoms with Gasteiger partial charge >= 0.3 is 0 Å². The molecule has 0 aliphatic heterocycles. The molecule has 0 bridgehead atoms. The Bertz CT molecular complexity index is 763. The molecule has 1 atom stereocenters. The fraction of sp³-hybridized carbons (Fsp3) is 0.263. The number of carbonyl (C=O) groups is 1. The zero-order valence-corrected chi connectivity index (χ0v) is 13.1. The van der Waals surface area contributed by atoms with E-state index in [0.29, 0.717) is 23.8 Å². The first-order valence-electron chi connectivity index (χ1n) is 7.75. The molecule has 0 saturated carbocycles. The molecule has 1 N–H and O–H groups in total. The highest BCUT2D eigenvalue weighted by Gasteiger charge is 2.26. The van der Waals surface area contributed by atoms with Gasteiger partial charge in [0.1, 0.15) is 0 Å². The van der Waals surface area contributed by atoms with Crippen molar-refractivity contribution in [3.8, 4) is 6.07 Å². The van der Waals surface area contributed by atoms with Gasteiger partial charge < -0.3 is 5.32 Å². The van der Waals surface area contributed by atoms with Crippen molar-refractivity contribution in [2.75, 3.05) is 18.9 Å². The van der Waals surface area contributed by atoms with Crippen molar-refractivity contribution in [3.05, 3.63) is 65.2 Å². The summed E-state index contributed by atoms with van der Waals surface area (Å²) < 4.78 is 0. The first kappa shape index (κ1) is 15.3. The van der Waals surface area contributed by atoms with Gasteiger partial charge in [-0.1, -0.05) is 30.3 Å². The van der Waals surface area contributed by atoms with Crippen molar-refractivity contribution >= 4 is 11.6 Å². The minimum Gasteiger partial charge on any atom is -0.325 e. The van der Waals surface area contributed by atoms with Crippen LogP contribution in [0, 0.1) is 11.3 Å². The molecule has 2 aromatic rings. The summed E-state index contributed by atoms with van der Waals surface area (Å²) in [7, 11) is 1.98. The van der Waals surface area contributed by atoms with Crippen molar-refractivity contribution < 1.29 is 4.79 Å². The molecule has 0 radical (unpaired) electrons. The summed E-state index contributed by atoms with van der Waals surface area (Å²) in [5.41, 5.74) is 3.91. The van der Waals surface area contributed by atoms with Crippen molar-refractivity contribution in [1.29, 1.82) is 5.26 Å². The summed E-state index contributed by atoms with van der Waals surface area (Å²) in [6.45, 7) is 0.329. The van der Waals surface area contributed by atoms with Crippen molar-refractivity contribution in [1.82, 2.24) is 4.90 Å². The number of fused-ring (bicyclic) bond motifs is 1. The van der Waals surface area contributed by atoms with E-state index in [4.69, 9.17) is 5.26 Å². The standard InChI is InChI=1S/C19H19N3O/c1-22(18-10-9-15-6-2-3-8-17(15)18)13-19(23)21-16-7-4-5-14(11-16)12-20/h2-8,11,18H,9-10,13H2,1H3,(H,21,23)/t18-/m1/s1. The quantitative estimate of drug-likeness (QED) is 0.944. The van der Waals surface area contributed by atoms with Crippen LogP contribution in [0.4, 0.5) is 5.69 Å². The van der Waals surface area contributed by atoms with Gasteiger partial charge in [0, 0.05) is 11.7 Å². The van der Waals surface area contributed by atoms with Crippen LogP contribution in [0.15, 0.2) is 48.5 Å². The Hall–Kier alpha value is -2.64. The Morgan fingerprint density at radius 1 is 1.30 bits per heavy atom. The molecule has 116 valence electrons. The predicted octanol–water partition coefficient (Wildman–Crippen LogP) is 3.12. The van der Waals surface area contributed by atoms with E-state index >= 15 is 0 Å². The Balaban J connectivity index is 1.63. The van der Waals surface area contributed by atoms with E-state index in [1.807, 2.05) is 7.05 Å². The summed E-state index contributed by atoms with van der Waals surface area (Å²) in [6, 6.07) is 17.8. The topological polar surface area (TPSA) is 56.1 Å². The van der Waals surface area contributed by atoms with Gasteiger partial charge in [0.25, 0.3) is 0 Å². The Morgan fingerprint density at radius 3 is 2.96 bits per heavy atom. The number of aryl methyl sites for hydroxylation is 1. The number of rotatable bonds is 4. The van der Waals surface area contributed by atoms with Crippen LogP contribution in [0.1, 0.15) is 29.2 Å². The molecule has 2 aromatic carbocycles. The number of carbonyl (C=O) groups excluding carboxylic acids is 1.